The van der Waals surface area contributed by atoms with E-state index in [0.29, 0.717) is 31.8 Å². The SMILES string of the molecule is CC1(C2CCN(C(=O)C3CCOCC3)CC2)[C@H](O)c2c(F)c(Cl)cc3cnn1c23. The average molecular weight is 422 g/mol. The summed E-state index contributed by atoms with van der Waals surface area (Å²) in [6, 6.07) is 1.56. The predicted octanol–water partition coefficient (Wildman–Crippen LogP) is 3.26. The molecule has 4 heterocycles. The van der Waals surface area contributed by atoms with Crippen LogP contribution in [0.15, 0.2) is 12.3 Å². The molecule has 0 radical (unpaired) electrons. The Labute approximate surface area is 173 Å². The van der Waals surface area contributed by atoms with Gasteiger partial charge in [-0.25, -0.2) is 4.39 Å². The lowest BCUT2D eigenvalue weighted by molar-refractivity contribution is -0.141. The molecule has 3 aliphatic heterocycles. The number of likely N-dealkylation sites (tertiary alicyclic amines) is 1. The highest BCUT2D eigenvalue weighted by molar-refractivity contribution is 6.31. The van der Waals surface area contributed by atoms with Gasteiger partial charge in [0, 0.05) is 43.2 Å². The van der Waals surface area contributed by atoms with Gasteiger partial charge < -0.3 is 14.7 Å². The molecule has 0 aliphatic carbocycles. The number of nitrogens with zero attached hydrogens (tertiary/aromatic N) is 3. The van der Waals surface area contributed by atoms with E-state index in [9.17, 15) is 14.3 Å². The maximum absolute atomic E-state index is 14.8. The van der Waals surface area contributed by atoms with E-state index in [1.165, 1.54) is 0 Å². The number of amides is 1. The van der Waals surface area contributed by atoms with Crippen molar-refractivity contribution in [3.05, 3.63) is 28.7 Å². The van der Waals surface area contributed by atoms with Crippen LogP contribution in [0.3, 0.4) is 0 Å². The van der Waals surface area contributed by atoms with Gasteiger partial charge >= 0.3 is 0 Å². The van der Waals surface area contributed by atoms with Crippen LogP contribution < -0.4 is 0 Å². The predicted molar refractivity (Wildman–Crippen MR) is 106 cm³/mol. The van der Waals surface area contributed by atoms with Gasteiger partial charge in [0.15, 0.2) is 0 Å². The first-order valence-electron chi connectivity index (χ1n) is 10.3. The summed E-state index contributed by atoms with van der Waals surface area (Å²) in [5.74, 6) is -0.222. The van der Waals surface area contributed by atoms with E-state index in [-0.39, 0.29) is 28.3 Å². The van der Waals surface area contributed by atoms with Gasteiger partial charge in [-0.1, -0.05) is 11.6 Å². The maximum Gasteiger partial charge on any atom is 0.225 e. The lowest BCUT2D eigenvalue weighted by Crippen LogP contribution is -2.49. The lowest BCUT2D eigenvalue weighted by atomic mass is 9.75. The van der Waals surface area contributed by atoms with Crippen molar-refractivity contribution in [1.29, 1.82) is 0 Å². The van der Waals surface area contributed by atoms with Crippen LogP contribution in [0.1, 0.15) is 44.3 Å². The van der Waals surface area contributed by atoms with Crippen molar-refractivity contribution < 1.29 is 19.0 Å². The molecule has 1 aromatic carbocycles. The van der Waals surface area contributed by atoms with Crippen LogP contribution in [0.25, 0.3) is 10.9 Å². The van der Waals surface area contributed by atoms with E-state index in [2.05, 4.69) is 5.10 Å². The van der Waals surface area contributed by atoms with E-state index in [4.69, 9.17) is 16.3 Å². The quantitative estimate of drug-likeness (QED) is 0.808. The summed E-state index contributed by atoms with van der Waals surface area (Å²) in [6.07, 6.45) is 3.72. The third-order valence-corrected chi connectivity index (χ3v) is 7.54. The van der Waals surface area contributed by atoms with Crippen LogP contribution >= 0.6 is 11.6 Å². The molecule has 156 valence electrons. The number of hydrogen-bond acceptors (Lipinski definition) is 4. The van der Waals surface area contributed by atoms with Gasteiger partial charge in [0.1, 0.15) is 11.9 Å². The topological polar surface area (TPSA) is 67.6 Å². The third-order valence-electron chi connectivity index (χ3n) is 7.27. The first kappa shape index (κ1) is 19.3. The molecule has 29 heavy (non-hydrogen) atoms. The van der Waals surface area contributed by atoms with Gasteiger partial charge in [0.2, 0.25) is 5.91 Å². The highest BCUT2D eigenvalue weighted by Gasteiger charge is 2.52. The van der Waals surface area contributed by atoms with Crippen molar-refractivity contribution in [3.8, 4) is 0 Å². The van der Waals surface area contributed by atoms with Crippen molar-refractivity contribution in [2.75, 3.05) is 26.3 Å². The summed E-state index contributed by atoms with van der Waals surface area (Å²) in [4.78, 5) is 14.8. The molecule has 5 rings (SSSR count). The van der Waals surface area contributed by atoms with Gasteiger partial charge in [0.25, 0.3) is 0 Å². The number of piperidine rings is 1. The van der Waals surface area contributed by atoms with Crippen LogP contribution in [0.4, 0.5) is 4.39 Å². The Kier molecular flexibility index (Phi) is 4.60. The Bertz CT molecular complexity index is 966. The second kappa shape index (κ2) is 6.93. The second-order valence-corrected chi connectivity index (χ2v) is 9.10. The molecule has 1 unspecified atom stereocenters. The minimum Gasteiger partial charge on any atom is -0.386 e. The molecule has 6 nitrogen and oxygen atoms in total. The lowest BCUT2D eigenvalue weighted by Gasteiger charge is -2.43. The van der Waals surface area contributed by atoms with Crippen LogP contribution in [-0.4, -0.2) is 52.0 Å². The third kappa shape index (κ3) is 2.74. The van der Waals surface area contributed by atoms with Gasteiger partial charge in [-0.15, -0.1) is 0 Å². The van der Waals surface area contributed by atoms with Gasteiger partial charge in [-0.05, 0) is 44.6 Å². The molecule has 3 aliphatic rings. The number of aliphatic hydroxyl groups excluding tert-OH is 1. The molecule has 2 atom stereocenters. The van der Waals surface area contributed by atoms with Crippen LogP contribution in [0.5, 0.6) is 0 Å². The zero-order valence-electron chi connectivity index (χ0n) is 16.4. The van der Waals surface area contributed by atoms with Gasteiger partial charge in [-0.3, -0.25) is 9.48 Å². The Morgan fingerprint density at radius 1 is 1.31 bits per heavy atom. The van der Waals surface area contributed by atoms with Crippen LogP contribution in [-0.2, 0) is 15.1 Å². The Morgan fingerprint density at radius 2 is 2.00 bits per heavy atom. The monoisotopic (exact) mass is 421 g/mol. The summed E-state index contributed by atoms with van der Waals surface area (Å²) in [5, 5.41) is 16.4. The maximum atomic E-state index is 14.8. The van der Waals surface area contributed by atoms with Crippen molar-refractivity contribution in [1.82, 2.24) is 14.7 Å². The summed E-state index contributed by atoms with van der Waals surface area (Å²) in [7, 11) is 0. The Morgan fingerprint density at radius 3 is 2.69 bits per heavy atom. The summed E-state index contributed by atoms with van der Waals surface area (Å²) in [5.41, 5.74) is 0.111. The number of aromatic nitrogens is 2. The molecule has 0 saturated carbocycles. The van der Waals surface area contributed by atoms with Crippen LogP contribution in [0.2, 0.25) is 5.02 Å². The molecule has 1 N–H and O–H groups in total. The number of carbonyl (C=O) groups is 1. The van der Waals surface area contributed by atoms with E-state index in [1.807, 2.05) is 11.8 Å². The van der Waals surface area contributed by atoms with E-state index >= 15 is 0 Å². The fourth-order valence-electron chi connectivity index (χ4n) is 5.47. The zero-order chi connectivity index (χ0) is 20.3. The number of carbonyl (C=O) groups excluding carboxylic acids is 1. The average Bonchev–Trinajstić information content (AvgIpc) is 3.26. The smallest absolute Gasteiger partial charge is 0.225 e. The first-order chi connectivity index (χ1) is 13.9. The number of hydrogen-bond donors (Lipinski definition) is 1. The number of ether oxygens (including phenoxy) is 1. The molecule has 1 aromatic heterocycles. The van der Waals surface area contributed by atoms with Crippen molar-refractivity contribution in [2.45, 2.75) is 44.2 Å². The standard InChI is InChI=1S/C21H25ClFN3O3/c1-21(14-2-6-25(7-3-14)20(28)12-4-8-29-9-5-12)19(27)16-17(23)15(22)10-13-11-24-26(21)18(13)16/h10-12,14,19,27H,2-9H2,1H3/t19-,21?/m1/s1. The number of halogens is 2. The Balaban J connectivity index is 1.38. The summed E-state index contributed by atoms with van der Waals surface area (Å²) in [6.45, 7) is 4.54. The fourth-order valence-corrected chi connectivity index (χ4v) is 5.69. The molecule has 1 amide bonds. The minimum atomic E-state index is -1.02. The largest absolute Gasteiger partial charge is 0.386 e. The number of benzene rings is 1. The fraction of sp³-hybridized carbons (Fsp3) is 0.619. The molecular weight excluding hydrogens is 397 g/mol. The van der Waals surface area contributed by atoms with Crippen molar-refractivity contribution >= 4 is 28.4 Å². The zero-order valence-corrected chi connectivity index (χ0v) is 17.2. The van der Waals surface area contributed by atoms with Crippen LogP contribution in [0, 0.1) is 17.7 Å². The highest BCUT2D eigenvalue weighted by atomic mass is 35.5. The summed E-state index contributed by atoms with van der Waals surface area (Å²) < 4.78 is 21.9. The minimum absolute atomic E-state index is 0.00669. The van der Waals surface area contributed by atoms with Gasteiger partial charge in [-0.2, -0.15) is 5.10 Å². The number of aliphatic hydroxyl groups is 1. The van der Waals surface area contributed by atoms with Gasteiger partial charge in [0.05, 0.1) is 22.3 Å². The molecule has 8 heteroatoms. The van der Waals surface area contributed by atoms with E-state index in [0.717, 1.165) is 31.1 Å². The normalized spacial score (nSPS) is 28.4. The molecule has 0 spiro atoms. The molecule has 0 bridgehead atoms. The molecular formula is C21H25ClFN3O3. The van der Waals surface area contributed by atoms with E-state index in [1.54, 1.807) is 16.9 Å². The second-order valence-electron chi connectivity index (χ2n) is 8.69. The Hall–Kier alpha value is -1.70. The molecule has 2 fully saturated rings. The number of rotatable bonds is 2. The van der Waals surface area contributed by atoms with E-state index < -0.39 is 17.5 Å². The summed E-state index contributed by atoms with van der Waals surface area (Å²) >= 11 is 6.05. The highest BCUT2D eigenvalue weighted by Crippen LogP contribution is 2.52. The molecule has 2 saturated heterocycles. The van der Waals surface area contributed by atoms with Crippen molar-refractivity contribution in [3.63, 3.8) is 0 Å². The van der Waals surface area contributed by atoms with Crippen molar-refractivity contribution in [2.24, 2.45) is 11.8 Å². The molecule has 2 aromatic rings. The first-order valence-corrected chi connectivity index (χ1v) is 10.7.